The van der Waals surface area contributed by atoms with Crippen LogP contribution in [0.4, 0.5) is 13.2 Å². The van der Waals surface area contributed by atoms with Crippen LogP contribution in [0, 0.1) is 0 Å². The second-order valence-corrected chi connectivity index (χ2v) is 3.42. The van der Waals surface area contributed by atoms with Crippen molar-refractivity contribution in [2.24, 2.45) is 0 Å². The first-order valence-corrected chi connectivity index (χ1v) is 4.81. The topological polar surface area (TPSA) is 31.4 Å². The average molecular weight is 233 g/mol. The van der Waals surface area contributed by atoms with E-state index in [1.54, 1.807) is 0 Å². The maximum atomic E-state index is 12.4. The minimum absolute atomic E-state index is 0.311. The molecular formula is C10H10F3NO2. The van der Waals surface area contributed by atoms with Crippen LogP contribution in [0.1, 0.15) is 11.3 Å². The monoisotopic (exact) mass is 233 g/mol. The van der Waals surface area contributed by atoms with Crippen molar-refractivity contribution >= 4 is 0 Å². The van der Waals surface area contributed by atoms with Crippen molar-refractivity contribution < 1.29 is 22.6 Å². The molecule has 2 heterocycles. The quantitative estimate of drug-likeness (QED) is 0.783. The van der Waals surface area contributed by atoms with Crippen molar-refractivity contribution in [3.63, 3.8) is 0 Å². The zero-order chi connectivity index (χ0) is 11.6. The van der Waals surface area contributed by atoms with E-state index in [4.69, 9.17) is 9.47 Å². The second kappa shape index (κ2) is 4.39. The molecule has 0 bridgehead atoms. The minimum atomic E-state index is -4.41. The smallest absolute Gasteiger partial charge is 0.350 e. The third kappa shape index (κ3) is 2.70. The lowest BCUT2D eigenvalue weighted by molar-refractivity contribution is -0.141. The van der Waals surface area contributed by atoms with Gasteiger partial charge in [-0.1, -0.05) is 0 Å². The summed E-state index contributed by atoms with van der Waals surface area (Å²) in [6.45, 7) is 0.976. The first-order valence-electron chi connectivity index (χ1n) is 4.81. The lowest BCUT2D eigenvalue weighted by Crippen LogP contribution is -2.13. The Labute approximate surface area is 90.2 Å². The number of pyridine rings is 1. The SMILES string of the molecule is FC(F)(F)c1cc(CC2OCCO2)ccn1. The van der Waals surface area contributed by atoms with Gasteiger partial charge in [-0.15, -0.1) is 0 Å². The normalized spacial score (nSPS) is 17.9. The highest BCUT2D eigenvalue weighted by atomic mass is 19.4. The summed E-state index contributed by atoms with van der Waals surface area (Å²) in [5.74, 6) is 0. The zero-order valence-corrected chi connectivity index (χ0v) is 8.33. The largest absolute Gasteiger partial charge is 0.433 e. The van der Waals surface area contributed by atoms with Crippen molar-refractivity contribution in [2.45, 2.75) is 18.9 Å². The molecule has 1 saturated heterocycles. The number of hydrogen-bond donors (Lipinski definition) is 0. The standard InChI is InChI=1S/C10H10F3NO2/c11-10(12,13)8-5-7(1-2-14-8)6-9-15-3-4-16-9/h1-2,5,9H,3-4,6H2. The van der Waals surface area contributed by atoms with Crippen molar-refractivity contribution in [3.8, 4) is 0 Å². The molecule has 0 amide bonds. The van der Waals surface area contributed by atoms with E-state index in [0.717, 1.165) is 12.3 Å². The van der Waals surface area contributed by atoms with Gasteiger partial charge in [-0.25, -0.2) is 0 Å². The third-order valence-corrected chi connectivity index (χ3v) is 2.21. The van der Waals surface area contributed by atoms with Crippen molar-refractivity contribution in [1.82, 2.24) is 4.98 Å². The van der Waals surface area contributed by atoms with E-state index < -0.39 is 18.2 Å². The summed E-state index contributed by atoms with van der Waals surface area (Å²) < 4.78 is 47.4. The molecule has 16 heavy (non-hydrogen) atoms. The van der Waals surface area contributed by atoms with Crippen LogP contribution >= 0.6 is 0 Å². The van der Waals surface area contributed by atoms with Crippen LogP contribution < -0.4 is 0 Å². The fourth-order valence-corrected chi connectivity index (χ4v) is 1.47. The Hall–Kier alpha value is -1.14. The highest BCUT2D eigenvalue weighted by molar-refractivity contribution is 5.18. The van der Waals surface area contributed by atoms with E-state index in [0.29, 0.717) is 25.2 Å². The molecule has 0 atom stereocenters. The van der Waals surface area contributed by atoms with Gasteiger partial charge < -0.3 is 9.47 Å². The summed E-state index contributed by atoms with van der Waals surface area (Å²) in [7, 11) is 0. The highest BCUT2D eigenvalue weighted by Gasteiger charge is 2.32. The molecule has 0 unspecified atom stereocenters. The molecule has 1 aromatic rings. The van der Waals surface area contributed by atoms with E-state index in [2.05, 4.69) is 4.98 Å². The molecule has 1 aliphatic heterocycles. The molecule has 1 aliphatic rings. The van der Waals surface area contributed by atoms with Crippen LogP contribution in [0.5, 0.6) is 0 Å². The molecule has 1 fully saturated rings. The lowest BCUT2D eigenvalue weighted by atomic mass is 10.1. The van der Waals surface area contributed by atoms with Gasteiger partial charge in [-0.2, -0.15) is 13.2 Å². The highest BCUT2D eigenvalue weighted by Crippen LogP contribution is 2.28. The Morgan fingerprint density at radius 3 is 2.62 bits per heavy atom. The molecule has 88 valence electrons. The second-order valence-electron chi connectivity index (χ2n) is 3.42. The molecule has 0 N–H and O–H groups in total. The van der Waals surface area contributed by atoms with Crippen LogP contribution in [0.25, 0.3) is 0 Å². The van der Waals surface area contributed by atoms with Crippen LogP contribution in [0.2, 0.25) is 0 Å². The van der Waals surface area contributed by atoms with E-state index in [-0.39, 0.29) is 0 Å². The van der Waals surface area contributed by atoms with Crippen molar-refractivity contribution in [3.05, 3.63) is 29.6 Å². The summed E-state index contributed by atoms with van der Waals surface area (Å²) >= 11 is 0. The molecule has 1 aromatic heterocycles. The van der Waals surface area contributed by atoms with E-state index in [9.17, 15) is 13.2 Å². The van der Waals surface area contributed by atoms with Crippen LogP contribution in [-0.4, -0.2) is 24.5 Å². The average Bonchev–Trinajstić information content (AvgIpc) is 2.70. The van der Waals surface area contributed by atoms with Gasteiger partial charge in [0.05, 0.1) is 13.2 Å². The van der Waals surface area contributed by atoms with Crippen LogP contribution in [0.15, 0.2) is 18.3 Å². The Morgan fingerprint density at radius 1 is 1.31 bits per heavy atom. The number of ether oxygens (including phenoxy) is 2. The molecule has 6 heteroatoms. The third-order valence-electron chi connectivity index (χ3n) is 2.21. The number of aromatic nitrogens is 1. The molecular weight excluding hydrogens is 223 g/mol. The van der Waals surface area contributed by atoms with E-state index >= 15 is 0 Å². The fourth-order valence-electron chi connectivity index (χ4n) is 1.47. The van der Waals surface area contributed by atoms with Gasteiger partial charge in [0.2, 0.25) is 0 Å². The first kappa shape index (κ1) is 11.3. The van der Waals surface area contributed by atoms with Gasteiger partial charge in [-0.3, -0.25) is 4.98 Å². The van der Waals surface area contributed by atoms with Gasteiger partial charge in [0, 0.05) is 12.6 Å². The van der Waals surface area contributed by atoms with Crippen molar-refractivity contribution in [2.75, 3.05) is 13.2 Å². The van der Waals surface area contributed by atoms with Gasteiger partial charge in [0.25, 0.3) is 0 Å². The Balaban J connectivity index is 2.09. The zero-order valence-electron chi connectivity index (χ0n) is 8.33. The summed E-state index contributed by atoms with van der Waals surface area (Å²) in [4.78, 5) is 3.28. The number of hydrogen-bond acceptors (Lipinski definition) is 3. The van der Waals surface area contributed by atoms with Crippen LogP contribution in [-0.2, 0) is 22.1 Å². The molecule has 0 aliphatic carbocycles. The Bertz CT molecular complexity index is 361. The Morgan fingerprint density at radius 2 is 2.00 bits per heavy atom. The number of alkyl halides is 3. The Kier molecular flexibility index (Phi) is 3.11. The predicted molar refractivity (Wildman–Crippen MR) is 48.6 cm³/mol. The maximum Gasteiger partial charge on any atom is 0.433 e. The van der Waals surface area contributed by atoms with Gasteiger partial charge in [0.15, 0.2) is 6.29 Å². The molecule has 3 nitrogen and oxygen atoms in total. The predicted octanol–water partition coefficient (Wildman–Crippen LogP) is 2.02. The molecule has 0 saturated carbocycles. The van der Waals surface area contributed by atoms with Gasteiger partial charge in [0.1, 0.15) is 5.69 Å². The number of nitrogens with zero attached hydrogens (tertiary/aromatic N) is 1. The van der Waals surface area contributed by atoms with Gasteiger partial charge in [-0.05, 0) is 17.7 Å². The van der Waals surface area contributed by atoms with Crippen molar-refractivity contribution in [1.29, 1.82) is 0 Å². The van der Waals surface area contributed by atoms with Crippen LogP contribution in [0.3, 0.4) is 0 Å². The molecule has 2 rings (SSSR count). The van der Waals surface area contributed by atoms with Gasteiger partial charge >= 0.3 is 6.18 Å². The summed E-state index contributed by atoms with van der Waals surface area (Å²) in [5.41, 5.74) is -0.378. The molecule has 0 spiro atoms. The first-order chi connectivity index (χ1) is 7.55. The summed E-state index contributed by atoms with van der Waals surface area (Å²) in [6, 6.07) is 2.55. The maximum absolute atomic E-state index is 12.4. The minimum Gasteiger partial charge on any atom is -0.350 e. The summed E-state index contributed by atoms with van der Waals surface area (Å²) in [5, 5.41) is 0. The van der Waals surface area contributed by atoms with E-state index in [1.807, 2.05) is 0 Å². The molecule has 0 aromatic carbocycles. The number of halogens is 3. The number of rotatable bonds is 2. The lowest BCUT2D eigenvalue weighted by Gasteiger charge is -2.10. The molecule has 0 radical (unpaired) electrons. The summed E-state index contributed by atoms with van der Waals surface area (Å²) in [6.07, 6.45) is -3.39. The fraction of sp³-hybridized carbons (Fsp3) is 0.500. The van der Waals surface area contributed by atoms with E-state index in [1.165, 1.54) is 6.07 Å².